The van der Waals surface area contributed by atoms with E-state index in [2.05, 4.69) is 63.1 Å². The number of aromatic nitrogens is 2. The van der Waals surface area contributed by atoms with Crippen LogP contribution in [0.25, 0.3) is 22.3 Å². The summed E-state index contributed by atoms with van der Waals surface area (Å²) in [6.45, 7) is 6.37. The summed E-state index contributed by atoms with van der Waals surface area (Å²) in [7, 11) is 1.55. The van der Waals surface area contributed by atoms with E-state index in [-0.39, 0.29) is 25.7 Å². The Morgan fingerprint density at radius 2 is 1.13 bits per heavy atom. The highest BCUT2D eigenvalue weighted by atomic mass is 16.5. The van der Waals surface area contributed by atoms with Crippen molar-refractivity contribution in [3.8, 4) is 28.0 Å². The molecule has 12 atom stereocenters. The second kappa shape index (κ2) is 40.5. The lowest BCUT2D eigenvalue weighted by molar-refractivity contribution is -0.142. The Kier molecular flexibility index (Phi) is 31.9. The first-order valence-electron chi connectivity index (χ1n) is 34.6. The van der Waals surface area contributed by atoms with Gasteiger partial charge in [-0.2, -0.15) is 0 Å². The van der Waals surface area contributed by atoms with Crippen molar-refractivity contribution in [3.63, 3.8) is 0 Å². The van der Waals surface area contributed by atoms with Crippen molar-refractivity contribution in [2.45, 2.75) is 165 Å². The smallest absolute Gasteiger partial charge is 0.305 e. The number of carboxylic acids is 2. The number of hydrogen-bond acceptors (Lipinski definition) is 19. The number of aromatic amines is 1. The van der Waals surface area contributed by atoms with Gasteiger partial charge >= 0.3 is 11.9 Å². The van der Waals surface area contributed by atoms with E-state index in [0.717, 1.165) is 47.2 Å². The summed E-state index contributed by atoms with van der Waals surface area (Å²) in [5.41, 5.74) is 17.1. The average molecular weight is 1500 g/mol. The van der Waals surface area contributed by atoms with Crippen molar-refractivity contribution in [3.05, 3.63) is 167 Å². The number of H-pyrrole nitrogens is 1. The third kappa shape index (κ3) is 25.4. The number of hydrogen-bond donors (Lipinski definition) is 18. The molecule has 0 aliphatic heterocycles. The molecule has 0 aliphatic carbocycles. The van der Waals surface area contributed by atoms with Gasteiger partial charge in [0.1, 0.15) is 59.6 Å². The minimum atomic E-state index is -2.18. The van der Waals surface area contributed by atoms with Crippen LogP contribution in [0.2, 0.25) is 0 Å². The van der Waals surface area contributed by atoms with Gasteiger partial charge in [-0.05, 0) is 110 Å². The molecule has 0 spiro atoms. The topological polar surface area (TPSA) is 533 Å². The predicted octanol–water partition coefficient (Wildman–Crippen LogP) is -1.31. The van der Waals surface area contributed by atoms with E-state index in [4.69, 9.17) is 16.2 Å². The van der Waals surface area contributed by atoms with Gasteiger partial charge in [0.25, 0.3) is 0 Å². The number of carbonyl (C=O) groups excluding carboxylic acids is 11. The molecule has 0 saturated heterocycles. The molecule has 0 aliphatic rings. The number of methoxy groups -OCH3 is 1. The molecule has 6 rings (SSSR count). The van der Waals surface area contributed by atoms with Gasteiger partial charge in [-0.1, -0.05) is 116 Å². The fraction of sp³-hybridized carbons (Fsp3) is 0.387. The summed E-state index contributed by atoms with van der Waals surface area (Å²) in [5, 5.41) is 75.6. The average Bonchev–Trinajstić information content (AvgIpc) is 0.872. The number of benzene rings is 5. The number of carboxylic acid groups (broad SMARTS) is 2. The molecule has 20 N–H and O–H groups in total. The number of aliphatic hydroxyl groups is 3. The van der Waals surface area contributed by atoms with Gasteiger partial charge < -0.3 is 99.9 Å². The van der Waals surface area contributed by atoms with Gasteiger partial charge in [0.05, 0.1) is 57.0 Å². The number of nitrogens with zero attached hydrogens (tertiary/aromatic N) is 1. The zero-order valence-corrected chi connectivity index (χ0v) is 60.7. The number of nitrogens with one attached hydrogen (secondary N) is 11. The quantitative estimate of drug-likeness (QED) is 0.0212. The largest absolute Gasteiger partial charge is 0.497 e. The zero-order valence-electron chi connectivity index (χ0n) is 60.7. The number of aryl methyl sites for hydroxylation is 2. The van der Waals surface area contributed by atoms with Crippen molar-refractivity contribution in [1.29, 1.82) is 0 Å². The number of nitrogens with two attached hydrogens (primary N) is 2. The third-order valence-electron chi connectivity index (χ3n) is 17.6. The summed E-state index contributed by atoms with van der Waals surface area (Å²) in [6.07, 6.45) is -3.04. The van der Waals surface area contributed by atoms with Crippen molar-refractivity contribution in [2.75, 3.05) is 20.3 Å². The maximum Gasteiger partial charge on any atom is 0.305 e. The molecule has 0 fully saturated rings. The molecule has 6 aromatic rings. The van der Waals surface area contributed by atoms with Crippen LogP contribution in [-0.2, 0) is 94.4 Å². The normalized spacial score (nSPS) is 14.7. The van der Waals surface area contributed by atoms with Gasteiger partial charge in [-0.15, -0.1) is 0 Å². The Balaban J connectivity index is 1.16. The number of ether oxygens (including phenoxy) is 1. The van der Waals surface area contributed by atoms with E-state index in [1.165, 1.54) is 26.4 Å². The van der Waals surface area contributed by atoms with Crippen LogP contribution < -0.4 is 69.4 Å². The number of aliphatic hydroxyl groups excluding tert-OH is 3. The second-order valence-corrected chi connectivity index (χ2v) is 26.2. The van der Waals surface area contributed by atoms with Crippen LogP contribution >= 0.6 is 0 Å². The molecule has 0 unspecified atom stereocenters. The number of imidazole rings is 1. The molecular formula is C75H94N14O19. The Morgan fingerprint density at radius 1 is 0.574 bits per heavy atom. The Labute approximate surface area is 622 Å². The lowest BCUT2D eigenvalue weighted by Gasteiger charge is -2.34. The number of primary amides is 1. The Hall–Kier alpha value is -11.9. The standard InChI is InChI=1S/C75H94N14O19/c1-8-47-32-51(108-7)26-27-53(47)49-24-20-45(21-25-49)31-57(69(102)83-56(65(77)98)30-44-18-22-48(23-19-44)52-17-13-12-14-40(52)2)84-70(103)58(34-62(96)97)85-71(104)59(38-90)86-72(105)63(42(4)91)88-74(107)75(6,35-46-15-10-9-11-16-46)89-73(106)64(43(5)92)87-60(93)37-79-68(101)55(28-29-61(94)95)82-66(99)41(3)81-67(100)54(76)33-50-36-78-39-80-50/h9-27,32,36,39,41-43,54-59,63-64,90-92H,8,28-31,33-35,37-38,76H2,1-7H3,(H2,77,98)(H,78,80)(H,79,101)(H,81,100)(H,82,99)(H,83,102)(H,84,103)(H,85,104)(H,86,105)(H,87,93)(H,88,107)(H,89,106)(H,94,95)(H,96,97)/t41-,42+,43+,54-,55-,56-,57-,58-,59-,63-,64-,75-/m0/s1. The number of aliphatic carboxylic acids is 2. The molecule has 578 valence electrons. The summed E-state index contributed by atoms with van der Waals surface area (Å²) < 4.78 is 5.42. The molecule has 0 saturated carbocycles. The molecule has 1 heterocycles. The molecule has 11 amide bonds. The van der Waals surface area contributed by atoms with Crippen LogP contribution in [0, 0.1) is 6.92 Å². The summed E-state index contributed by atoms with van der Waals surface area (Å²) in [4.78, 5) is 183. The van der Waals surface area contributed by atoms with Crippen LogP contribution in [0.15, 0.2) is 134 Å². The van der Waals surface area contributed by atoms with Gasteiger partial charge in [-0.25, -0.2) is 4.98 Å². The van der Waals surface area contributed by atoms with Crippen LogP contribution in [0.5, 0.6) is 5.75 Å². The van der Waals surface area contributed by atoms with Crippen molar-refractivity contribution < 1.29 is 92.6 Å². The summed E-state index contributed by atoms with van der Waals surface area (Å²) in [5.74, 6) is -14.5. The lowest BCUT2D eigenvalue weighted by Crippen LogP contribution is -2.67. The van der Waals surface area contributed by atoms with Crippen molar-refractivity contribution >= 4 is 76.9 Å². The fourth-order valence-electron chi connectivity index (χ4n) is 11.5. The van der Waals surface area contributed by atoms with Crippen LogP contribution in [0.1, 0.15) is 87.4 Å². The van der Waals surface area contributed by atoms with Crippen LogP contribution in [-0.4, -0.2) is 205 Å². The molecule has 33 heteroatoms. The molecule has 1 aromatic heterocycles. The third-order valence-corrected chi connectivity index (χ3v) is 17.6. The van der Waals surface area contributed by atoms with Gasteiger partial charge in [0.2, 0.25) is 65.0 Å². The van der Waals surface area contributed by atoms with Crippen molar-refractivity contribution in [2.24, 2.45) is 11.5 Å². The molecule has 0 bridgehead atoms. The molecule has 108 heavy (non-hydrogen) atoms. The highest BCUT2D eigenvalue weighted by Gasteiger charge is 2.42. The van der Waals surface area contributed by atoms with E-state index < -0.39 is 181 Å². The molecular weight excluding hydrogens is 1400 g/mol. The Morgan fingerprint density at radius 3 is 1.69 bits per heavy atom. The van der Waals surface area contributed by atoms with Crippen molar-refractivity contribution in [1.82, 2.24) is 63.1 Å². The number of amides is 11. The first kappa shape index (κ1) is 85.0. The Bertz CT molecular complexity index is 4140. The number of carbonyl (C=O) groups is 13. The SMILES string of the molecule is CCc1cc(OC)ccc1-c1ccc(C[C@H](NC(=O)[C@H](CC(=O)O)NC(=O)[C@H](CO)NC(=O)[C@@H](NC(=O)[C@](C)(Cc2ccccc2)NC(=O)[C@@H](NC(=O)CNC(=O)[C@H](CCC(=O)O)NC(=O)[C@H](C)NC(=O)[C@@H](N)Cc2c[nH]cn2)[C@@H](C)O)[C@@H](C)O)C(=O)N[C@@H](Cc2ccc(-c3ccccc3C)cc2)C(N)=O)cc1. The number of rotatable bonds is 41. The zero-order chi connectivity index (χ0) is 79.5. The van der Waals surface area contributed by atoms with E-state index >= 15 is 0 Å². The van der Waals surface area contributed by atoms with Crippen LogP contribution in [0.4, 0.5) is 0 Å². The van der Waals surface area contributed by atoms with E-state index in [0.29, 0.717) is 34.6 Å². The minimum Gasteiger partial charge on any atom is -0.497 e. The maximum absolute atomic E-state index is 14.7. The maximum atomic E-state index is 14.7. The summed E-state index contributed by atoms with van der Waals surface area (Å²) in [6, 6.07) is 20.4. The predicted molar refractivity (Wildman–Crippen MR) is 392 cm³/mol. The van der Waals surface area contributed by atoms with E-state index in [1.54, 1.807) is 79.9 Å². The summed E-state index contributed by atoms with van der Waals surface area (Å²) >= 11 is 0. The second-order valence-electron chi connectivity index (χ2n) is 26.2. The van der Waals surface area contributed by atoms with Gasteiger partial charge in [0.15, 0.2) is 0 Å². The highest BCUT2D eigenvalue weighted by molar-refractivity contribution is 6.00. The molecule has 5 aromatic carbocycles. The van der Waals surface area contributed by atoms with E-state index in [9.17, 15) is 87.9 Å². The van der Waals surface area contributed by atoms with Gasteiger partial charge in [0, 0.05) is 38.3 Å². The minimum absolute atomic E-state index is 0.00827. The molecule has 0 radical (unpaired) electrons. The fourth-order valence-corrected chi connectivity index (χ4v) is 11.5. The molecule has 33 nitrogen and oxygen atoms in total. The van der Waals surface area contributed by atoms with E-state index in [1.807, 2.05) is 62.4 Å². The van der Waals surface area contributed by atoms with Gasteiger partial charge in [-0.3, -0.25) is 62.3 Å². The first-order chi connectivity index (χ1) is 51.2. The first-order valence-corrected chi connectivity index (χ1v) is 34.6. The lowest BCUT2D eigenvalue weighted by atomic mass is 9.90. The highest BCUT2D eigenvalue weighted by Crippen LogP contribution is 2.29. The monoisotopic (exact) mass is 1490 g/mol. The van der Waals surface area contributed by atoms with Crippen LogP contribution in [0.3, 0.4) is 0 Å².